The third kappa shape index (κ3) is 3.31. The van der Waals surface area contributed by atoms with Gasteiger partial charge in [-0.1, -0.05) is 97.1 Å². The Kier molecular flexibility index (Phi) is 4.83. The average Bonchev–Trinajstić information content (AvgIpc) is 3.68. The number of nitrogens with zero attached hydrogens (tertiary/aromatic N) is 5. The van der Waals surface area contributed by atoms with Gasteiger partial charge in [-0.15, -0.1) is 11.3 Å². The van der Waals surface area contributed by atoms with Gasteiger partial charge in [0.05, 0.1) is 16.6 Å². The van der Waals surface area contributed by atoms with Gasteiger partial charge in [0.2, 0.25) is 11.9 Å². The van der Waals surface area contributed by atoms with Gasteiger partial charge in [-0.3, -0.25) is 9.13 Å². The smallest absolute Gasteiger partial charge is 0.240 e. The second-order valence-electron chi connectivity index (χ2n) is 10.4. The zero-order valence-electron chi connectivity index (χ0n) is 22.0. The summed E-state index contributed by atoms with van der Waals surface area (Å²) in [5.74, 6) is 1.88. The zero-order chi connectivity index (χ0) is 26.9. The lowest BCUT2D eigenvalue weighted by Gasteiger charge is -2.12. The van der Waals surface area contributed by atoms with E-state index in [4.69, 9.17) is 15.0 Å². The average molecular weight is 546 g/mol. The van der Waals surface area contributed by atoms with Crippen LogP contribution in [0.15, 0.2) is 103 Å². The van der Waals surface area contributed by atoms with E-state index in [1.165, 1.54) is 36.1 Å². The Hall–Kier alpha value is -5.07. The number of benzene rings is 4. The molecule has 0 spiro atoms. The van der Waals surface area contributed by atoms with Crippen molar-refractivity contribution in [2.75, 3.05) is 0 Å². The number of hydrogen-bond acceptors (Lipinski definition) is 4. The minimum Gasteiger partial charge on any atom is -0.278 e. The molecule has 1 aliphatic rings. The fourth-order valence-electron chi connectivity index (χ4n) is 6.26. The van der Waals surface area contributed by atoms with Crippen molar-refractivity contribution in [3.8, 4) is 23.3 Å². The molecule has 0 aliphatic heterocycles. The molecule has 0 atom stereocenters. The summed E-state index contributed by atoms with van der Waals surface area (Å²) in [6.45, 7) is 0. The van der Waals surface area contributed by atoms with Crippen LogP contribution in [0.4, 0.5) is 0 Å². The molecule has 8 aromatic rings. The molecule has 4 heterocycles. The molecule has 4 aromatic heterocycles. The molecule has 5 nitrogen and oxygen atoms in total. The Bertz CT molecular complexity index is 2380. The summed E-state index contributed by atoms with van der Waals surface area (Å²) in [6.07, 6.45) is 6.90. The van der Waals surface area contributed by atoms with E-state index >= 15 is 0 Å². The SMILES string of the molecule is C1=c2sc3c(c2=CCC1)c1ccccc1n3-c1nc(-c2ccccc2)nc(-n2c3ccccc3c3ccccc32)n1. The highest BCUT2D eigenvalue weighted by Gasteiger charge is 2.22. The van der Waals surface area contributed by atoms with Crippen molar-refractivity contribution < 1.29 is 0 Å². The minimum absolute atomic E-state index is 0.608. The first-order valence-electron chi connectivity index (χ1n) is 13.9. The van der Waals surface area contributed by atoms with Crippen LogP contribution in [0.2, 0.25) is 0 Å². The summed E-state index contributed by atoms with van der Waals surface area (Å²) in [7, 11) is 0. The third-order valence-corrected chi connectivity index (χ3v) is 9.23. The lowest BCUT2D eigenvalue weighted by atomic mass is 10.1. The quantitative estimate of drug-likeness (QED) is 0.237. The highest BCUT2D eigenvalue weighted by atomic mass is 32.1. The predicted octanol–water partition coefficient (Wildman–Crippen LogP) is 7.15. The largest absolute Gasteiger partial charge is 0.278 e. The molecule has 41 heavy (non-hydrogen) atoms. The lowest BCUT2D eigenvalue weighted by molar-refractivity contribution is 0.895. The highest BCUT2D eigenvalue weighted by molar-refractivity contribution is 7.17. The van der Waals surface area contributed by atoms with Crippen LogP contribution < -0.4 is 9.75 Å². The van der Waals surface area contributed by atoms with E-state index in [1.807, 2.05) is 29.5 Å². The molecule has 0 saturated heterocycles. The van der Waals surface area contributed by atoms with Gasteiger partial charge >= 0.3 is 0 Å². The maximum atomic E-state index is 5.24. The number of thiophene rings is 1. The zero-order valence-corrected chi connectivity index (χ0v) is 22.8. The van der Waals surface area contributed by atoms with Gasteiger partial charge in [0.1, 0.15) is 4.83 Å². The van der Waals surface area contributed by atoms with E-state index in [-0.39, 0.29) is 0 Å². The van der Waals surface area contributed by atoms with E-state index in [0.29, 0.717) is 17.7 Å². The van der Waals surface area contributed by atoms with Crippen molar-refractivity contribution in [3.05, 3.63) is 113 Å². The van der Waals surface area contributed by atoms with Crippen LogP contribution in [0.5, 0.6) is 0 Å². The lowest BCUT2D eigenvalue weighted by Crippen LogP contribution is -2.20. The molecule has 4 aromatic carbocycles. The fraction of sp³-hybridized carbons (Fsp3) is 0.0571. The maximum Gasteiger partial charge on any atom is 0.240 e. The van der Waals surface area contributed by atoms with Crippen molar-refractivity contribution in [2.45, 2.75) is 12.8 Å². The Labute approximate surface area is 239 Å². The molecule has 6 heteroatoms. The van der Waals surface area contributed by atoms with Crippen molar-refractivity contribution in [1.29, 1.82) is 0 Å². The summed E-state index contributed by atoms with van der Waals surface area (Å²) in [6, 6.07) is 35.7. The monoisotopic (exact) mass is 545 g/mol. The second-order valence-corrected chi connectivity index (χ2v) is 11.4. The van der Waals surface area contributed by atoms with Crippen molar-refractivity contribution >= 4 is 66.4 Å². The van der Waals surface area contributed by atoms with E-state index in [2.05, 4.69) is 106 Å². The molecule has 0 fully saturated rings. The standard InChI is InChI=1S/C35H23N5S/c1-2-12-22(13-3-1)32-36-34(39-27-18-8-4-14-23(27)24-15-5-9-19-28(24)39)38-35(37-32)40-29-20-10-6-16-25(29)31-26-17-7-11-21-30(26)41-33(31)40/h1-6,8-10,12-21H,7,11H2. The molecule has 0 saturated carbocycles. The van der Waals surface area contributed by atoms with Crippen LogP contribution >= 0.6 is 11.3 Å². The number of aromatic nitrogens is 5. The Morgan fingerprint density at radius 1 is 0.537 bits per heavy atom. The molecule has 194 valence electrons. The van der Waals surface area contributed by atoms with Gasteiger partial charge in [-0.2, -0.15) is 15.0 Å². The van der Waals surface area contributed by atoms with Gasteiger partial charge in [0, 0.05) is 31.6 Å². The molecular weight excluding hydrogens is 522 g/mol. The van der Waals surface area contributed by atoms with Crippen LogP contribution in [-0.2, 0) is 0 Å². The predicted molar refractivity (Wildman–Crippen MR) is 169 cm³/mol. The van der Waals surface area contributed by atoms with E-state index < -0.39 is 0 Å². The van der Waals surface area contributed by atoms with Crippen LogP contribution in [0.1, 0.15) is 12.8 Å². The van der Waals surface area contributed by atoms with Crippen LogP contribution in [-0.4, -0.2) is 24.1 Å². The molecule has 0 unspecified atom stereocenters. The number of para-hydroxylation sites is 3. The topological polar surface area (TPSA) is 48.5 Å². The molecule has 0 N–H and O–H groups in total. The Morgan fingerprint density at radius 2 is 1.10 bits per heavy atom. The molecule has 9 rings (SSSR count). The van der Waals surface area contributed by atoms with Crippen molar-refractivity contribution in [2.24, 2.45) is 0 Å². The second kappa shape index (κ2) is 8.71. The van der Waals surface area contributed by atoms with E-state index in [9.17, 15) is 0 Å². The number of fused-ring (bicyclic) bond motifs is 8. The molecule has 0 bridgehead atoms. The number of rotatable bonds is 3. The molecule has 0 radical (unpaired) electrons. The molecule has 1 aliphatic carbocycles. The molecule has 0 amide bonds. The summed E-state index contributed by atoms with van der Waals surface area (Å²) in [5, 5.41) is 6.21. The van der Waals surface area contributed by atoms with Gasteiger partial charge in [-0.25, -0.2) is 0 Å². The summed E-state index contributed by atoms with van der Waals surface area (Å²) >= 11 is 1.83. The van der Waals surface area contributed by atoms with Crippen LogP contribution in [0.25, 0.3) is 78.4 Å². The highest BCUT2D eigenvalue weighted by Crippen LogP contribution is 2.34. The third-order valence-electron chi connectivity index (χ3n) is 8.04. The van der Waals surface area contributed by atoms with Crippen LogP contribution in [0.3, 0.4) is 0 Å². The van der Waals surface area contributed by atoms with Crippen molar-refractivity contribution in [3.63, 3.8) is 0 Å². The van der Waals surface area contributed by atoms with E-state index in [0.717, 1.165) is 35.0 Å². The van der Waals surface area contributed by atoms with Gasteiger partial charge in [0.15, 0.2) is 5.82 Å². The van der Waals surface area contributed by atoms with Crippen LogP contribution in [0, 0.1) is 0 Å². The first kappa shape index (κ1) is 22.7. The minimum atomic E-state index is 0.608. The normalized spacial score (nSPS) is 13.1. The molecular formula is C35H23N5S. The number of hydrogen-bond donors (Lipinski definition) is 0. The fourth-order valence-corrected chi connectivity index (χ4v) is 7.56. The first-order chi connectivity index (χ1) is 20.3. The summed E-state index contributed by atoms with van der Waals surface area (Å²) in [4.78, 5) is 16.6. The van der Waals surface area contributed by atoms with Gasteiger partial charge in [-0.05, 0) is 36.3 Å². The first-order valence-corrected chi connectivity index (χ1v) is 14.7. The maximum absolute atomic E-state index is 5.24. The van der Waals surface area contributed by atoms with Gasteiger partial charge < -0.3 is 0 Å². The van der Waals surface area contributed by atoms with Gasteiger partial charge in [0.25, 0.3) is 0 Å². The summed E-state index contributed by atoms with van der Waals surface area (Å²) < 4.78 is 5.74. The van der Waals surface area contributed by atoms with E-state index in [1.54, 1.807) is 0 Å². The Balaban J connectivity index is 1.43. The summed E-state index contributed by atoms with van der Waals surface area (Å²) in [5.41, 5.74) is 4.21. The van der Waals surface area contributed by atoms with Crippen molar-refractivity contribution in [1.82, 2.24) is 24.1 Å². The Morgan fingerprint density at radius 3 is 1.80 bits per heavy atom.